The highest BCUT2D eigenvalue weighted by molar-refractivity contribution is 9.10. The summed E-state index contributed by atoms with van der Waals surface area (Å²) >= 11 is 3.42. The second-order valence-corrected chi connectivity index (χ2v) is 6.66. The Morgan fingerprint density at radius 2 is 2.20 bits per heavy atom. The van der Waals surface area contributed by atoms with Gasteiger partial charge >= 0.3 is 0 Å². The van der Waals surface area contributed by atoms with Crippen LogP contribution in [0.25, 0.3) is 0 Å². The average Bonchev–Trinajstić information content (AvgIpc) is 2.10. The molecule has 1 aromatic rings. The summed E-state index contributed by atoms with van der Waals surface area (Å²) in [6, 6.07) is 1.90. The number of pyridine rings is 1. The van der Waals surface area contributed by atoms with Gasteiger partial charge in [-0.2, -0.15) is 0 Å². The van der Waals surface area contributed by atoms with E-state index in [1.54, 1.807) is 6.20 Å². The number of halogens is 1. The van der Waals surface area contributed by atoms with Gasteiger partial charge in [0.05, 0.1) is 22.0 Å². The Labute approximate surface area is 97.1 Å². The molecule has 0 unspecified atom stereocenters. The predicted molar refractivity (Wildman–Crippen MR) is 62.7 cm³/mol. The van der Waals surface area contributed by atoms with Crippen LogP contribution in [0.2, 0.25) is 0 Å². The van der Waals surface area contributed by atoms with Crippen molar-refractivity contribution in [2.24, 2.45) is 0 Å². The number of aryl methyl sites for hydroxylation is 1. The van der Waals surface area contributed by atoms with Crippen LogP contribution in [-0.2, 0) is 9.84 Å². The highest BCUT2D eigenvalue weighted by Gasteiger charge is 2.33. The van der Waals surface area contributed by atoms with Crippen LogP contribution in [-0.4, -0.2) is 30.9 Å². The summed E-state index contributed by atoms with van der Waals surface area (Å²) in [6.07, 6.45) is 1.70. The van der Waals surface area contributed by atoms with Crippen molar-refractivity contribution in [1.29, 1.82) is 0 Å². The van der Waals surface area contributed by atoms with Crippen LogP contribution >= 0.6 is 15.9 Å². The van der Waals surface area contributed by atoms with Crippen LogP contribution in [0.1, 0.15) is 5.56 Å². The number of hydrogen-bond donors (Lipinski definition) is 1. The molecule has 0 atom stereocenters. The van der Waals surface area contributed by atoms with Crippen molar-refractivity contribution in [1.82, 2.24) is 4.98 Å². The van der Waals surface area contributed by atoms with Crippen LogP contribution in [0, 0.1) is 6.92 Å². The van der Waals surface area contributed by atoms with E-state index in [4.69, 9.17) is 0 Å². The number of rotatable bonds is 2. The first-order chi connectivity index (χ1) is 6.98. The minimum absolute atomic E-state index is 0.000556. The Kier molecular flexibility index (Phi) is 2.72. The van der Waals surface area contributed by atoms with Gasteiger partial charge in [0, 0.05) is 6.20 Å². The van der Waals surface area contributed by atoms with E-state index in [1.165, 1.54) is 0 Å². The third-order valence-corrected chi connectivity index (χ3v) is 5.15. The number of hydrogen-bond acceptors (Lipinski definition) is 4. The fraction of sp³-hybridized carbons (Fsp3) is 0.444. The molecular weight excluding hydrogens is 280 g/mol. The van der Waals surface area contributed by atoms with Gasteiger partial charge in [-0.15, -0.1) is 0 Å². The second-order valence-electron chi connectivity index (χ2n) is 3.71. The van der Waals surface area contributed by atoms with Crippen molar-refractivity contribution in [3.63, 3.8) is 0 Å². The molecule has 0 spiro atoms. The molecule has 1 saturated heterocycles. The predicted octanol–water partition coefficient (Wildman–Crippen LogP) is 1.36. The van der Waals surface area contributed by atoms with E-state index >= 15 is 0 Å². The van der Waals surface area contributed by atoms with E-state index in [9.17, 15) is 8.42 Å². The van der Waals surface area contributed by atoms with Gasteiger partial charge < -0.3 is 5.32 Å². The number of aromatic nitrogens is 1. The summed E-state index contributed by atoms with van der Waals surface area (Å²) < 4.78 is 22.8. The first-order valence-corrected chi connectivity index (χ1v) is 7.17. The van der Waals surface area contributed by atoms with E-state index < -0.39 is 9.84 Å². The minimum atomic E-state index is -2.78. The Morgan fingerprint density at radius 3 is 2.80 bits per heavy atom. The highest BCUT2D eigenvalue weighted by Crippen LogP contribution is 2.25. The number of nitrogens with zero attached hydrogens (tertiary/aromatic N) is 1. The average molecular weight is 291 g/mol. The maximum atomic E-state index is 11.0. The van der Waals surface area contributed by atoms with Crippen molar-refractivity contribution in [2.45, 2.75) is 13.0 Å². The molecule has 1 aliphatic rings. The lowest BCUT2D eigenvalue weighted by molar-refractivity contribution is 0.570. The van der Waals surface area contributed by atoms with Crippen LogP contribution in [0.3, 0.4) is 0 Å². The maximum Gasteiger partial charge on any atom is 0.154 e. The Balaban J connectivity index is 2.10. The molecule has 0 radical (unpaired) electrons. The molecule has 15 heavy (non-hydrogen) atoms. The van der Waals surface area contributed by atoms with E-state index in [0.29, 0.717) is 0 Å². The molecule has 0 bridgehead atoms. The molecule has 82 valence electrons. The fourth-order valence-electron chi connectivity index (χ4n) is 1.48. The molecule has 0 amide bonds. The van der Waals surface area contributed by atoms with Crippen LogP contribution in [0.4, 0.5) is 5.82 Å². The molecule has 1 fully saturated rings. The van der Waals surface area contributed by atoms with Gasteiger partial charge in [-0.3, -0.25) is 0 Å². The number of nitrogens with one attached hydrogen (secondary N) is 1. The van der Waals surface area contributed by atoms with Gasteiger partial charge in [0.25, 0.3) is 0 Å². The summed E-state index contributed by atoms with van der Waals surface area (Å²) in [4.78, 5) is 4.16. The molecule has 1 N–H and O–H groups in total. The molecule has 0 saturated carbocycles. The Hall–Kier alpha value is -0.620. The topological polar surface area (TPSA) is 59.1 Å². The van der Waals surface area contributed by atoms with Gasteiger partial charge in [-0.05, 0) is 34.5 Å². The van der Waals surface area contributed by atoms with E-state index in [0.717, 1.165) is 15.9 Å². The summed E-state index contributed by atoms with van der Waals surface area (Å²) in [5.41, 5.74) is 1.08. The molecule has 2 rings (SSSR count). The van der Waals surface area contributed by atoms with Gasteiger partial charge in [0.2, 0.25) is 0 Å². The summed E-state index contributed by atoms with van der Waals surface area (Å²) in [5.74, 6) is 1.12. The lowest BCUT2D eigenvalue weighted by Gasteiger charge is -2.27. The third-order valence-electron chi connectivity index (χ3n) is 2.33. The normalized spacial score (nSPS) is 19.6. The zero-order valence-corrected chi connectivity index (χ0v) is 10.6. The molecule has 1 aliphatic heterocycles. The van der Waals surface area contributed by atoms with Gasteiger partial charge in [-0.1, -0.05) is 0 Å². The zero-order chi connectivity index (χ0) is 11.1. The van der Waals surface area contributed by atoms with E-state index in [2.05, 4.69) is 26.2 Å². The van der Waals surface area contributed by atoms with E-state index in [-0.39, 0.29) is 17.5 Å². The van der Waals surface area contributed by atoms with Crippen molar-refractivity contribution in [2.75, 3.05) is 16.8 Å². The third kappa shape index (κ3) is 2.31. The van der Waals surface area contributed by atoms with Gasteiger partial charge in [-0.25, -0.2) is 13.4 Å². The fourth-order valence-corrected chi connectivity index (χ4v) is 3.13. The molecule has 4 nitrogen and oxygen atoms in total. The van der Waals surface area contributed by atoms with Crippen LogP contribution in [0.15, 0.2) is 16.7 Å². The van der Waals surface area contributed by atoms with E-state index in [1.807, 2.05) is 13.0 Å². The monoisotopic (exact) mass is 290 g/mol. The summed E-state index contributed by atoms with van der Waals surface area (Å²) in [6.45, 7) is 1.97. The summed E-state index contributed by atoms with van der Waals surface area (Å²) in [7, 11) is -2.78. The zero-order valence-electron chi connectivity index (χ0n) is 8.20. The lowest BCUT2D eigenvalue weighted by atomic mass is 10.3. The van der Waals surface area contributed by atoms with Crippen molar-refractivity contribution in [3.8, 4) is 0 Å². The number of anilines is 1. The Bertz CT molecular complexity index is 475. The molecule has 6 heteroatoms. The van der Waals surface area contributed by atoms with Gasteiger partial charge in [0.15, 0.2) is 9.84 Å². The quantitative estimate of drug-likeness (QED) is 0.894. The second kappa shape index (κ2) is 3.75. The first-order valence-electron chi connectivity index (χ1n) is 4.56. The summed E-state index contributed by atoms with van der Waals surface area (Å²) in [5, 5.41) is 3.11. The van der Waals surface area contributed by atoms with Crippen LogP contribution < -0.4 is 5.32 Å². The largest absolute Gasteiger partial charge is 0.364 e. The molecule has 2 heterocycles. The van der Waals surface area contributed by atoms with Crippen molar-refractivity contribution >= 4 is 31.6 Å². The highest BCUT2D eigenvalue weighted by atomic mass is 79.9. The smallest absolute Gasteiger partial charge is 0.154 e. The maximum absolute atomic E-state index is 11.0. The molecular formula is C9H11BrN2O2S. The van der Waals surface area contributed by atoms with Crippen LogP contribution in [0.5, 0.6) is 0 Å². The SMILES string of the molecule is Cc1ccnc(NC2CS(=O)(=O)C2)c1Br. The molecule has 0 aliphatic carbocycles. The molecule has 1 aromatic heterocycles. The minimum Gasteiger partial charge on any atom is -0.364 e. The molecule has 0 aromatic carbocycles. The van der Waals surface area contributed by atoms with Crippen molar-refractivity contribution < 1.29 is 8.42 Å². The Morgan fingerprint density at radius 1 is 1.53 bits per heavy atom. The standard InChI is InChI=1S/C9H11BrN2O2S/c1-6-2-3-11-9(8(6)10)12-7-4-15(13,14)5-7/h2-3,7H,4-5H2,1H3,(H,11,12). The van der Waals surface area contributed by atoms with Crippen molar-refractivity contribution in [3.05, 3.63) is 22.3 Å². The van der Waals surface area contributed by atoms with Gasteiger partial charge in [0.1, 0.15) is 5.82 Å². The number of sulfone groups is 1. The first kappa shape index (κ1) is 10.9. The lowest BCUT2D eigenvalue weighted by Crippen LogP contribution is -2.46.